The van der Waals surface area contributed by atoms with Crippen molar-refractivity contribution >= 4 is 11.6 Å². The minimum Gasteiger partial charge on any atom is -0.392 e. The number of methoxy groups -OCH3 is 1. The van der Waals surface area contributed by atoms with E-state index in [1.165, 1.54) is 0 Å². The predicted octanol–water partition coefficient (Wildman–Crippen LogP) is 2.04. The molecular formula is C9H19ClO2. The van der Waals surface area contributed by atoms with Crippen LogP contribution in [-0.2, 0) is 4.74 Å². The average molecular weight is 195 g/mol. The maximum atomic E-state index is 9.40. The largest absolute Gasteiger partial charge is 0.392 e. The first kappa shape index (κ1) is 12.2. The lowest BCUT2D eigenvalue weighted by molar-refractivity contribution is -0.0132. The van der Waals surface area contributed by atoms with Crippen molar-refractivity contribution in [3.05, 3.63) is 0 Å². The number of aliphatic hydroxyl groups excluding tert-OH is 1. The van der Waals surface area contributed by atoms with Crippen molar-refractivity contribution in [3.63, 3.8) is 0 Å². The van der Waals surface area contributed by atoms with E-state index >= 15 is 0 Å². The van der Waals surface area contributed by atoms with Crippen molar-refractivity contribution in [1.82, 2.24) is 0 Å². The van der Waals surface area contributed by atoms with Gasteiger partial charge in [0.05, 0.1) is 11.7 Å². The predicted molar refractivity (Wildman–Crippen MR) is 51.6 cm³/mol. The number of aliphatic hydroxyl groups is 1. The van der Waals surface area contributed by atoms with Gasteiger partial charge in [-0.3, -0.25) is 0 Å². The zero-order chi connectivity index (χ0) is 9.78. The summed E-state index contributed by atoms with van der Waals surface area (Å²) in [5, 5.41) is 9.40. The van der Waals surface area contributed by atoms with E-state index in [1.807, 2.05) is 20.8 Å². The minimum atomic E-state index is -0.430. The Morgan fingerprint density at radius 1 is 1.50 bits per heavy atom. The Morgan fingerprint density at radius 2 is 2.00 bits per heavy atom. The summed E-state index contributed by atoms with van der Waals surface area (Å²) in [6, 6.07) is 0. The Morgan fingerprint density at radius 3 is 2.33 bits per heavy atom. The molecular weight excluding hydrogens is 176 g/mol. The summed E-state index contributed by atoms with van der Waals surface area (Å²) in [5.41, 5.74) is -0.174. The van der Waals surface area contributed by atoms with E-state index in [-0.39, 0.29) is 11.5 Å². The van der Waals surface area contributed by atoms with Gasteiger partial charge in [-0.1, -0.05) is 6.92 Å². The molecule has 0 aliphatic heterocycles. The van der Waals surface area contributed by atoms with Gasteiger partial charge in [0.2, 0.25) is 0 Å². The van der Waals surface area contributed by atoms with Gasteiger partial charge < -0.3 is 9.84 Å². The van der Waals surface area contributed by atoms with Crippen LogP contribution in [0.1, 0.15) is 27.2 Å². The van der Waals surface area contributed by atoms with E-state index in [4.69, 9.17) is 16.3 Å². The third-order valence-corrected chi connectivity index (χ3v) is 2.50. The Balaban J connectivity index is 3.90. The standard InChI is InChI=1S/C9H19ClO2/c1-7(8(11)6-10)5-9(2,3)12-4/h7-8,11H,5-6H2,1-4H3. The summed E-state index contributed by atoms with van der Waals surface area (Å²) in [4.78, 5) is 0. The van der Waals surface area contributed by atoms with E-state index in [0.717, 1.165) is 6.42 Å². The third kappa shape index (κ3) is 4.29. The second kappa shape index (κ2) is 5.05. The molecule has 3 heteroatoms. The number of alkyl halides is 1. The number of halogens is 1. The molecule has 0 radical (unpaired) electrons. The van der Waals surface area contributed by atoms with Crippen LogP contribution in [0.4, 0.5) is 0 Å². The molecule has 0 spiro atoms. The lowest BCUT2D eigenvalue weighted by Crippen LogP contribution is -2.31. The molecule has 0 saturated carbocycles. The van der Waals surface area contributed by atoms with E-state index in [2.05, 4.69) is 0 Å². The monoisotopic (exact) mass is 194 g/mol. The van der Waals surface area contributed by atoms with Crippen molar-refractivity contribution in [2.75, 3.05) is 13.0 Å². The maximum absolute atomic E-state index is 9.40. The van der Waals surface area contributed by atoms with Gasteiger partial charge in [0, 0.05) is 13.0 Å². The van der Waals surface area contributed by atoms with Crippen molar-refractivity contribution in [1.29, 1.82) is 0 Å². The molecule has 0 amide bonds. The summed E-state index contributed by atoms with van der Waals surface area (Å²) < 4.78 is 5.25. The first-order valence-electron chi connectivity index (χ1n) is 4.22. The van der Waals surface area contributed by atoms with E-state index < -0.39 is 6.10 Å². The summed E-state index contributed by atoms with van der Waals surface area (Å²) in [6.45, 7) is 5.99. The normalized spacial score (nSPS) is 17.5. The van der Waals surface area contributed by atoms with E-state index in [1.54, 1.807) is 7.11 Å². The third-order valence-electron chi connectivity index (χ3n) is 2.18. The summed E-state index contributed by atoms with van der Waals surface area (Å²) in [7, 11) is 1.68. The fourth-order valence-corrected chi connectivity index (χ4v) is 1.45. The molecule has 0 saturated heterocycles. The highest BCUT2D eigenvalue weighted by Gasteiger charge is 2.23. The van der Waals surface area contributed by atoms with Gasteiger partial charge in [-0.05, 0) is 26.2 Å². The van der Waals surface area contributed by atoms with Crippen LogP contribution in [0.25, 0.3) is 0 Å². The second-order valence-electron chi connectivity index (χ2n) is 3.87. The van der Waals surface area contributed by atoms with Crippen molar-refractivity contribution in [3.8, 4) is 0 Å². The first-order chi connectivity index (χ1) is 5.43. The van der Waals surface area contributed by atoms with E-state index in [0.29, 0.717) is 5.88 Å². The summed E-state index contributed by atoms with van der Waals surface area (Å²) in [6.07, 6.45) is 0.387. The van der Waals surface area contributed by atoms with Crippen molar-refractivity contribution in [2.24, 2.45) is 5.92 Å². The van der Waals surface area contributed by atoms with Crippen LogP contribution in [-0.4, -0.2) is 29.8 Å². The van der Waals surface area contributed by atoms with Gasteiger partial charge in [0.1, 0.15) is 0 Å². The molecule has 1 N–H and O–H groups in total. The summed E-state index contributed by atoms with van der Waals surface area (Å²) >= 11 is 5.53. The lowest BCUT2D eigenvalue weighted by atomic mass is 9.91. The molecule has 2 unspecified atom stereocenters. The summed E-state index contributed by atoms with van der Waals surface area (Å²) in [5.74, 6) is 0.471. The SMILES string of the molecule is COC(C)(C)CC(C)C(O)CCl. The fraction of sp³-hybridized carbons (Fsp3) is 1.00. The van der Waals surface area contributed by atoms with Gasteiger partial charge >= 0.3 is 0 Å². The molecule has 12 heavy (non-hydrogen) atoms. The van der Waals surface area contributed by atoms with Crippen LogP contribution in [0.2, 0.25) is 0 Å². The lowest BCUT2D eigenvalue weighted by Gasteiger charge is -2.28. The van der Waals surface area contributed by atoms with Crippen LogP contribution in [0.5, 0.6) is 0 Å². The molecule has 0 aromatic heterocycles. The molecule has 0 aliphatic carbocycles. The smallest absolute Gasteiger partial charge is 0.0702 e. The quantitative estimate of drug-likeness (QED) is 0.679. The molecule has 2 atom stereocenters. The van der Waals surface area contributed by atoms with Crippen molar-refractivity contribution in [2.45, 2.75) is 38.9 Å². The van der Waals surface area contributed by atoms with Crippen molar-refractivity contribution < 1.29 is 9.84 Å². The molecule has 2 nitrogen and oxygen atoms in total. The molecule has 0 aliphatic rings. The second-order valence-corrected chi connectivity index (χ2v) is 4.18. The van der Waals surface area contributed by atoms with Gasteiger partial charge in [-0.2, -0.15) is 0 Å². The van der Waals surface area contributed by atoms with Crippen LogP contribution in [0, 0.1) is 5.92 Å². The Kier molecular flexibility index (Phi) is 5.14. The van der Waals surface area contributed by atoms with Crippen LogP contribution in [0.3, 0.4) is 0 Å². The molecule has 0 fully saturated rings. The Labute approximate surface area is 79.9 Å². The fourth-order valence-electron chi connectivity index (χ4n) is 1.15. The maximum Gasteiger partial charge on any atom is 0.0702 e. The van der Waals surface area contributed by atoms with E-state index in [9.17, 15) is 5.11 Å². The molecule has 74 valence electrons. The highest BCUT2D eigenvalue weighted by Crippen LogP contribution is 2.22. The number of rotatable bonds is 5. The van der Waals surface area contributed by atoms with Gasteiger partial charge in [0.15, 0.2) is 0 Å². The van der Waals surface area contributed by atoms with Crippen LogP contribution in [0.15, 0.2) is 0 Å². The molecule has 0 bridgehead atoms. The van der Waals surface area contributed by atoms with Crippen LogP contribution < -0.4 is 0 Å². The number of ether oxygens (including phenoxy) is 1. The molecule has 0 aromatic carbocycles. The zero-order valence-corrected chi connectivity index (χ0v) is 9.06. The molecule has 0 aromatic rings. The molecule has 0 heterocycles. The Bertz CT molecular complexity index is 126. The van der Waals surface area contributed by atoms with Gasteiger partial charge in [0.25, 0.3) is 0 Å². The zero-order valence-electron chi connectivity index (χ0n) is 8.30. The van der Waals surface area contributed by atoms with Gasteiger partial charge in [-0.25, -0.2) is 0 Å². The topological polar surface area (TPSA) is 29.5 Å². The number of hydrogen-bond acceptors (Lipinski definition) is 2. The average Bonchev–Trinajstić information content (AvgIpc) is 2.02. The highest BCUT2D eigenvalue weighted by molar-refractivity contribution is 6.18. The highest BCUT2D eigenvalue weighted by atomic mass is 35.5. The Hall–Kier alpha value is 0.210. The number of hydrogen-bond donors (Lipinski definition) is 1. The van der Waals surface area contributed by atoms with Crippen LogP contribution >= 0.6 is 11.6 Å². The minimum absolute atomic E-state index is 0.174. The van der Waals surface area contributed by atoms with Gasteiger partial charge in [-0.15, -0.1) is 11.6 Å². The molecule has 0 rings (SSSR count). The first-order valence-corrected chi connectivity index (χ1v) is 4.75.